The first-order chi connectivity index (χ1) is 20.2. The fourth-order valence-electron chi connectivity index (χ4n) is 5.78. The lowest BCUT2D eigenvalue weighted by Crippen LogP contribution is -2.45. The smallest absolute Gasteiger partial charge is 0.417 e. The maximum atomic E-state index is 13.8. The number of carbonyl (C=O) groups is 1. The summed E-state index contributed by atoms with van der Waals surface area (Å²) in [4.78, 5) is 26.7. The Labute approximate surface area is 238 Å². The number of carboxylic acids is 1. The van der Waals surface area contributed by atoms with E-state index in [-0.39, 0.29) is 28.7 Å². The van der Waals surface area contributed by atoms with Crippen LogP contribution in [0.15, 0.2) is 64.1 Å². The molecule has 3 fully saturated rings. The standard InChI is InChI=1S/C32H28F3N3O4/c33-32(34,35)26-4-2-1-3-22(26)28-24(30(42-36-28)20-8-9-20)11-7-19-15-37(16-19)21-10-12-23-27(13-21)38(14-18-5-6-18)17-25(29(23)39)31(40)41/h1-4,7,10-13,17-20H,5-6,8-9,14-16H2,(H,40,41)/b11-7+. The molecule has 0 radical (unpaired) electrons. The van der Waals surface area contributed by atoms with Gasteiger partial charge in [0.05, 0.1) is 11.1 Å². The summed E-state index contributed by atoms with van der Waals surface area (Å²) in [6, 6.07) is 10.9. The number of halogens is 3. The van der Waals surface area contributed by atoms with Crippen molar-refractivity contribution < 1.29 is 27.6 Å². The third-order valence-corrected chi connectivity index (χ3v) is 8.45. The molecule has 1 aliphatic heterocycles. The molecule has 1 N–H and O–H groups in total. The van der Waals surface area contributed by atoms with Gasteiger partial charge in [-0.3, -0.25) is 4.79 Å². The molecule has 7 rings (SSSR count). The van der Waals surface area contributed by atoms with E-state index in [2.05, 4.69) is 10.1 Å². The Morgan fingerprint density at radius 1 is 1.10 bits per heavy atom. The van der Waals surface area contributed by atoms with Crippen LogP contribution in [-0.2, 0) is 12.7 Å². The Hall–Kier alpha value is -4.34. The van der Waals surface area contributed by atoms with Crippen LogP contribution in [0.5, 0.6) is 0 Å². The van der Waals surface area contributed by atoms with Crippen molar-refractivity contribution in [3.8, 4) is 11.3 Å². The Kier molecular flexibility index (Phi) is 6.25. The van der Waals surface area contributed by atoms with E-state index in [1.165, 1.54) is 18.3 Å². The topological polar surface area (TPSA) is 88.6 Å². The van der Waals surface area contributed by atoms with Crippen molar-refractivity contribution in [2.24, 2.45) is 11.8 Å². The summed E-state index contributed by atoms with van der Waals surface area (Å²) in [5.41, 5.74) is 1.04. The summed E-state index contributed by atoms with van der Waals surface area (Å²) < 4.78 is 48.8. The maximum Gasteiger partial charge on any atom is 0.417 e. The summed E-state index contributed by atoms with van der Waals surface area (Å²) in [7, 11) is 0. The first-order valence-corrected chi connectivity index (χ1v) is 14.2. The first kappa shape index (κ1) is 26.6. The van der Waals surface area contributed by atoms with Gasteiger partial charge in [0.1, 0.15) is 17.0 Å². The number of anilines is 1. The first-order valence-electron chi connectivity index (χ1n) is 14.2. The molecule has 2 saturated carbocycles. The van der Waals surface area contributed by atoms with Gasteiger partial charge >= 0.3 is 12.1 Å². The normalized spacial score (nSPS) is 17.7. The van der Waals surface area contributed by atoms with Gasteiger partial charge in [-0.15, -0.1) is 0 Å². The minimum absolute atomic E-state index is 0.00926. The Morgan fingerprint density at radius 2 is 1.86 bits per heavy atom. The molecule has 0 bridgehead atoms. The molecular formula is C32H28F3N3O4. The van der Waals surface area contributed by atoms with E-state index in [0.717, 1.165) is 43.0 Å². The maximum absolute atomic E-state index is 13.8. The Bertz CT molecular complexity index is 1790. The molecule has 7 nitrogen and oxygen atoms in total. The van der Waals surface area contributed by atoms with Gasteiger partial charge in [0.2, 0.25) is 5.43 Å². The molecule has 0 atom stereocenters. The quantitative estimate of drug-likeness (QED) is 0.248. The third-order valence-electron chi connectivity index (χ3n) is 8.45. The highest BCUT2D eigenvalue weighted by Gasteiger charge is 2.37. The number of hydrogen-bond donors (Lipinski definition) is 1. The number of fused-ring (bicyclic) bond motifs is 1. The van der Waals surface area contributed by atoms with Crippen molar-refractivity contribution in [2.45, 2.75) is 44.3 Å². The van der Waals surface area contributed by atoms with E-state index in [1.54, 1.807) is 12.1 Å². The summed E-state index contributed by atoms with van der Waals surface area (Å²) in [5.74, 6) is 0.241. The van der Waals surface area contributed by atoms with Crippen LogP contribution in [0.2, 0.25) is 0 Å². The number of nitrogens with zero attached hydrogens (tertiary/aromatic N) is 3. The molecule has 2 aromatic heterocycles. The average molecular weight is 576 g/mol. The average Bonchev–Trinajstić information content (AvgIpc) is 3.88. The predicted octanol–water partition coefficient (Wildman–Crippen LogP) is 6.81. The molecule has 0 unspecified atom stereocenters. The molecule has 0 spiro atoms. The highest BCUT2D eigenvalue weighted by molar-refractivity contribution is 5.93. The second kappa shape index (κ2) is 9.89. The molecule has 10 heteroatoms. The second-order valence-corrected chi connectivity index (χ2v) is 11.6. The highest BCUT2D eigenvalue weighted by Crippen LogP contribution is 2.46. The van der Waals surface area contributed by atoms with E-state index >= 15 is 0 Å². The fraction of sp³-hybridized carbons (Fsp3) is 0.344. The van der Waals surface area contributed by atoms with Crippen LogP contribution in [-0.4, -0.2) is 33.9 Å². The fourth-order valence-corrected chi connectivity index (χ4v) is 5.78. The van der Waals surface area contributed by atoms with Crippen LogP contribution in [0.1, 0.15) is 58.8 Å². The number of aromatic carboxylic acids is 1. The molecule has 4 aromatic rings. The summed E-state index contributed by atoms with van der Waals surface area (Å²) in [6.45, 7) is 2.06. The lowest BCUT2D eigenvalue weighted by molar-refractivity contribution is -0.137. The minimum Gasteiger partial charge on any atom is -0.477 e. The minimum atomic E-state index is -4.51. The predicted molar refractivity (Wildman–Crippen MR) is 152 cm³/mol. The number of rotatable bonds is 8. The largest absolute Gasteiger partial charge is 0.477 e. The zero-order valence-corrected chi connectivity index (χ0v) is 22.6. The van der Waals surface area contributed by atoms with E-state index in [1.807, 2.05) is 28.9 Å². The van der Waals surface area contributed by atoms with Crippen molar-refractivity contribution in [1.82, 2.24) is 9.72 Å². The van der Waals surface area contributed by atoms with Crippen LogP contribution in [0.4, 0.5) is 18.9 Å². The van der Waals surface area contributed by atoms with Gasteiger partial charge in [0.25, 0.3) is 0 Å². The molecule has 2 aromatic carbocycles. The van der Waals surface area contributed by atoms with Gasteiger partial charge in [-0.05, 0) is 55.9 Å². The van der Waals surface area contributed by atoms with E-state index < -0.39 is 23.1 Å². The Morgan fingerprint density at radius 3 is 2.55 bits per heavy atom. The molecular weight excluding hydrogens is 547 g/mol. The van der Waals surface area contributed by atoms with Crippen molar-refractivity contribution in [1.29, 1.82) is 0 Å². The number of benzene rings is 2. The zero-order valence-electron chi connectivity index (χ0n) is 22.6. The number of pyridine rings is 1. The van der Waals surface area contributed by atoms with E-state index in [9.17, 15) is 27.9 Å². The number of hydrogen-bond acceptors (Lipinski definition) is 5. The number of alkyl halides is 3. The van der Waals surface area contributed by atoms with Crippen molar-refractivity contribution in [2.75, 3.05) is 18.0 Å². The van der Waals surface area contributed by atoms with Gasteiger partial charge in [0.15, 0.2) is 0 Å². The lowest BCUT2D eigenvalue weighted by atomic mass is 9.95. The summed E-state index contributed by atoms with van der Waals surface area (Å²) in [5, 5.41) is 14.0. The van der Waals surface area contributed by atoms with Crippen LogP contribution >= 0.6 is 0 Å². The van der Waals surface area contributed by atoms with Crippen LogP contribution in [0.25, 0.3) is 28.2 Å². The highest BCUT2D eigenvalue weighted by atomic mass is 19.4. The van der Waals surface area contributed by atoms with Gasteiger partial charge in [-0.1, -0.05) is 35.5 Å². The zero-order chi connectivity index (χ0) is 29.2. The molecule has 42 heavy (non-hydrogen) atoms. The SMILES string of the molecule is O=C(O)c1cn(CC2CC2)c2cc(N3CC(/C=C/c4c(-c5ccccc5C(F)(F)F)noc4C4CC4)C3)ccc2c1=O. The molecule has 3 heterocycles. The third kappa shape index (κ3) is 4.88. The molecule has 216 valence electrons. The second-order valence-electron chi connectivity index (χ2n) is 11.6. The van der Waals surface area contributed by atoms with Crippen LogP contribution in [0, 0.1) is 11.8 Å². The van der Waals surface area contributed by atoms with Crippen LogP contribution < -0.4 is 10.3 Å². The van der Waals surface area contributed by atoms with E-state index in [4.69, 9.17) is 4.52 Å². The van der Waals surface area contributed by atoms with Crippen LogP contribution in [0.3, 0.4) is 0 Å². The number of carboxylic acid groups (broad SMARTS) is 1. The Balaban J connectivity index is 1.14. The van der Waals surface area contributed by atoms with Gasteiger partial charge in [-0.2, -0.15) is 13.2 Å². The molecule has 2 aliphatic carbocycles. The van der Waals surface area contributed by atoms with Crippen molar-refractivity contribution >= 4 is 28.6 Å². The van der Waals surface area contributed by atoms with Gasteiger partial charge in [0, 0.05) is 59.9 Å². The number of aromatic nitrogens is 2. The molecule has 0 amide bonds. The van der Waals surface area contributed by atoms with Crippen molar-refractivity contribution in [3.05, 3.63) is 87.4 Å². The van der Waals surface area contributed by atoms with E-state index in [0.29, 0.717) is 42.3 Å². The van der Waals surface area contributed by atoms with Crippen molar-refractivity contribution in [3.63, 3.8) is 0 Å². The summed E-state index contributed by atoms with van der Waals surface area (Å²) in [6.07, 6.45) is 4.85. The summed E-state index contributed by atoms with van der Waals surface area (Å²) >= 11 is 0. The lowest BCUT2D eigenvalue weighted by Gasteiger charge is -2.40. The molecule has 3 aliphatic rings. The van der Waals surface area contributed by atoms with Gasteiger partial charge < -0.3 is 19.1 Å². The molecule has 1 saturated heterocycles. The van der Waals surface area contributed by atoms with Gasteiger partial charge in [-0.25, -0.2) is 4.79 Å². The monoisotopic (exact) mass is 575 g/mol.